The predicted octanol–water partition coefficient (Wildman–Crippen LogP) is 3.48. The van der Waals surface area contributed by atoms with Gasteiger partial charge < -0.3 is 10.2 Å². The third-order valence-electron chi connectivity index (χ3n) is 6.57. The number of nitrogens with zero attached hydrogens (tertiary/aromatic N) is 2. The third-order valence-corrected chi connectivity index (χ3v) is 6.57. The van der Waals surface area contributed by atoms with Gasteiger partial charge in [0.2, 0.25) is 5.91 Å². The average molecular weight is 400 g/mol. The van der Waals surface area contributed by atoms with Crippen LogP contribution in [0.15, 0.2) is 24.3 Å². The molecule has 0 unspecified atom stereocenters. The minimum Gasteiger partial charge on any atom is -0.340 e. The molecular weight excluding hydrogens is 366 g/mol. The monoisotopic (exact) mass is 399 g/mol. The molecule has 1 heterocycles. The molecule has 2 fully saturated rings. The summed E-state index contributed by atoms with van der Waals surface area (Å²) in [7, 11) is 1.70. The molecule has 6 nitrogen and oxygen atoms in total. The minimum absolute atomic E-state index is 0.196. The standard InChI is InChI=1S/C23H33N3O3/c1-16-6-8-17(9-7-16)14-25(5)19(27)15-26-20(28)23(24-21(26)29)12-10-18(11-13-23)22(2,3)4/h6-9,18H,10-15H2,1-5H3,(H,24,29). The van der Waals surface area contributed by atoms with E-state index in [0.717, 1.165) is 28.9 Å². The van der Waals surface area contributed by atoms with Crippen molar-refractivity contribution in [3.63, 3.8) is 0 Å². The first-order valence-corrected chi connectivity index (χ1v) is 10.5. The van der Waals surface area contributed by atoms with E-state index in [1.54, 1.807) is 11.9 Å². The molecule has 1 aromatic rings. The van der Waals surface area contributed by atoms with Crippen LogP contribution in [0.25, 0.3) is 0 Å². The molecule has 2 aliphatic rings. The van der Waals surface area contributed by atoms with Gasteiger partial charge in [-0.3, -0.25) is 14.5 Å². The van der Waals surface area contributed by atoms with Gasteiger partial charge in [-0.15, -0.1) is 0 Å². The quantitative estimate of drug-likeness (QED) is 0.788. The molecule has 158 valence electrons. The highest BCUT2D eigenvalue weighted by molar-refractivity contribution is 6.09. The molecule has 0 aromatic heterocycles. The van der Waals surface area contributed by atoms with E-state index in [0.29, 0.717) is 25.3 Å². The fraction of sp³-hybridized carbons (Fsp3) is 0.609. The Morgan fingerprint density at radius 2 is 1.76 bits per heavy atom. The summed E-state index contributed by atoms with van der Waals surface area (Å²) in [5, 5.41) is 2.91. The van der Waals surface area contributed by atoms with Gasteiger partial charge >= 0.3 is 6.03 Å². The lowest BCUT2D eigenvalue weighted by Gasteiger charge is -2.40. The maximum atomic E-state index is 13.1. The van der Waals surface area contributed by atoms with Gasteiger partial charge in [-0.05, 0) is 49.5 Å². The molecule has 1 saturated heterocycles. The lowest BCUT2D eigenvalue weighted by Crippen LogP contribution is -2.51. The zero-order chi connectivity index (χ0) is 21.4. The topological polar surface area (TPSA) is 69.7 Å². The number of amides is 4. The summed E-state index contributed by atoms with van der Waals surface area (Å²) < 4.78 is 0. The van der Waals surface area contributed by atoms with Crippen LogP contribution in [0.5, 0.6) is 0 Å². The first-order valence-electron chi connectivity index (χ1n) is 10.5. The predicted molar refractivity (Wildman–Crippen MR) is 112 cm³/mol. The Labute approximate surface area is 173 Å². The van der Waals surface area contributed by atoms with E-state index in [9.17, 15) is 14.4 Å². The molecule has 0 atom stereocenters. The van der Waals surface area contributed by atoms with E-state index in [1.807, 2.05) is 31.2 Å². The molecule has 1 aliphatic carbocycles. The Kier molecular flexibility index (Phi) is 5.74. The van der Waals surface area contributed by atoms with E-state index in [4.69, 9.17) is 0 Å². The molecule has 0 bridgehead atoms. The van der Waals surface area contributed by atoms with Crippen molar-refractivity contribution in [1.29, 1.82) is 0 Å². The fourth-order valence-electron chi connectivity index (χ4n) is 4.45. The average Bonchev–Trinajstić information content (AvgIpc) is 2.87. The van der Waals surface area contributed by atoms with Gasteiger partial charge in [0.05, 0.1) is 0 Å². The highest BCUT2D eigenvalue weighted by Gasteiger charge is 2.53. The van der Waals surface area contributed by atoms with Crippen LogP contribution in [0.4, 0.5) is 4.79 Å². The molecule has 3 rings (SSSR count). The molecule has 29 heavy (non-hydrogen) atoms. The molecule has 1 N–H and O–H groups in total. The molecule has 0 radical (unpaired) electrons. The number of imide groups is 1. The van der Waals surface area contributed by atoms with Crippen molar-refractivity contribution < 1.29 is 14.4 Å². The summed E-state index contributed by atoms with van der Waals surface area (Å²) in [5.41, 5.74) is 1.55. The second-order valence-corrected chi connectivity index (χ2v) is 9.78. The summed E-state index contributed by atoms with van der Waals surface area (Å²) in [4.78, 5) is 40.9. The first-order chi connectivity index (χ1) is 13.5. The number of urea groups is 1. The number of carbonyl (C=O) groups excluding carboxylic acids is 3. The van der Waals surface area contributed by atoms with Crippen molar-refractivity contribution in [2.75, 3.05) is 13.6 Å². The van der Waals surface area contributed by atoms with Crippen molar-refractivity contribution in [3.8, 4) is 0 Å². The van der Waals surface area contributed by atoms with Gasteiger partial charge in [0.15, 0.2) is 0 Å². The van der Waals surface area contributed by atoms with E-state index < -0.39 is 11.6 Å². The second-order valence-electron chi connectivity index (χ2n) is 9.78. The number of hydrogen-bond acceptors (Lipinski definition) is 3. The van der Waals surface area contributed by atoms with Crippen LogP contribution in [-0.4, -0.2) is 46.8 Å². The zero-order valence-corrected chi connectivity index (χ0v) is 18.2. The van der Waals surface area contributed by atoms with Crippen LogP contribution in [0.1, 0.15) is 57.6 Å². The minimum atomic E-state index is -0.825. The third kappa shape index (κ3) is 4.46. The van der Waals surface area contributed by atoms with Crippen LogP contribution >= 0.6 is 0 Å². The zero-order valence-electron chi connectivity index (χ0n) is 18.2. The maximum absolute atomic E-state index is 13.1. The number of benzene rings is 1. The number of likely N-dealkylation sites (N-methyl/N-ethyl adjacent to an activating group) is 1. The second kappa shape index (κ2) is 7.81. The number of hydrogen-bond donors (Lipinski definition) is 1. The molecular formula is C23H33N3O3. The summed E-state index contributed by atoms with van der Waals surface area (Å²) in [6, 6.07) is 7.53. The van der Waals surface area contributed by atoms with Crippen molar-refractivity contribution in [1.82, 2.24) is 15.1 Å². The van der Waals surface area contributed by atoms with Crippen LogP contribution < -0.4 is 5.32 Å². The number of aryl methyl sites for hydroxylation is 1. The Morgan fingerprint density at radius 1 is 1.17 bits per heavy atom. The lowest BCUT2D eigenvalue weighted by atomic mass is 9.67. The van der Waals surface area contributed by atoms with Crippen LogP contribution in [0.2, 0.25) is 0 Å². The summed E-state index contributed by atoms with van der Waals surface area (Å²) in [5.74, 6) is 0.0515. The van der Waals surface area contributed by atoms with Gasteiger partial charge in [0.25, 0.3) is 5.91 Å². The van der Waals surface area contributed by atoms with Crippen molar-refractivity contribution in [2.24, 2.45) is 11.3 Å². The molecule has 1 aromatic carbocycles. The summed E-state index contributed by atoms with van der Waals surface area (Å²) in [6.07, 6.45) is 3.10. The Morgan fingerprint density at radius 3 is 2.31 bits per heavy atom. The molecule has 1 saturated carbocycles. The summed E-state index contributed by atoms with van der Waals surface area (Å²) >= 11 is 0. The summed E-state index contributed by atoms with van der Waals surface area (Å²) in [6.45, 7) is 8.92. The SMILES string of the molecule is Cc1ccc(CN(C)C(=O)CN2C(=O)NC3(CCC(C(C)(C)C)CC3)C2=O)cc1. The van der Waals surface area contributed by atoms with Gasteiger partial charge in [-0.25, -0.2) is 4.79 Å². The van der Waals surface area contributed by atoms with E-state index in [-0.39, 0.29) is 23.8 Å². The van der Waals surface area contributed by atoms with Gasteiger partial charge in [-0.2, -0.15) is 0 Å². The van der Waals surface area contributed by atoms with E-state index >= 15 is 0 Å². The number of rotatable bonds is 4. The molecule has 6 heteroatoms. The van der Waals surface area contributed by atoms with Crippen molar-refractivity contribution >= 4 is 17.8 Å². The normalized spacial score (nSPS) is 24.7. The van der Waals surface area contributed by atoms with E-state index in [2.05, 4.69) is 26.1 Å². The fourth-order valence-corrected chi connectivity index (χ4v) is 4.45. The Hall–Kier alpha value is -2.37. The van der Waals surface area contributed by atoms with Gasteiger partial charge in [0.1, 0.15) is 12.1 Å². The largest absolute Gasteiger partial charge is 0.340 e. The smallest absolute Gasteiger partial charge is 0.325 e. The van der Waals surface area contributed by atoms with Crippen LogP contribution in [-0.2, 0) is 16.1 Å². The maximum Gasteiger partial charge on any atom is 0.325 e. The molecule has 4 amide bonds. The van der Waals surface area contributed by atoms with Crippen molar-refractivity contribution in [3.05, 3.63) is 35.4 Å². The van der Waals surface area contributed by atoms with Gasteiger partial charge in [-0.1, -0.05) is 50.6 Å². The lowest BCUT2D eigenvalue weighted by molar-refractivity contribution is -0.139. The molecule has 1 aliphatic heterocycles. The van der Waals surface area contributed by atoms with Crippen LogP contribution in [0, 0.1) is 18.3 Å². The van der Waals surface area contributed by atoms with Crippen LogP contribution in [0.3, 0.4) is 0 Å². The highest BCUT2D eigenvalue weighted by atomic mass is 16.2. The Bertz CT molecular complexity index is 787. The molecule has 1 spiro atoms. The van der Waals surface area contributed by atoms with Crippen molar-refractivity contribution in [2.45, 2.75) is 65.5 Å². The number of nitrogens with one attached hydrogen (secondary N) is 1. The number of carbonyl (C=O) groups is 3. The Balaban J connectivity index is 1.61. The highest BCUT2D eigenvalue weighted by Crippen LogP contribution is 2.43. The van der Waals surface area contributed by atoms with E-state index in [1.165, 1.54) is 0 Å². The van der Waals surface area contributed by atoms with Gasteiger partial charge in [0, 0.05) is 13.6 Å². The first kappa shape index (κ1) is 21.3.